The highest BCUT2D eigenvalue weighted by molar-refractivity contribution is 7.84. The number of carbonyl (C=O) groups is 1. The Morgan fingerprint density at radius 3 is 2.49 bits per heavy atom. The van der Waals surface area contributed by atoms with Gasteiger partial charge < -0.3 is 19.8 Å². The Balaban J connectivity index is 1.87. The maximum absolute atomic E-state index is 14.3. The van der Waals surface area contributed by atoms with Crippen molar-refractivity contribution in [3.8, 4) is 11.5 Å². The highest BCUT2D eigenvalue weighted by Crippen LogP contribution is 2.35. The molecule has 0 spiro atoms. The molecule has 0 saturated carbocycles. The van der Waals surface area contributed by atoms with Crippen LogP contribution < -0.4 is 14.8 Å². The number of aromatic nitrogens is 1. The minimum Gasteiger partial charge on any atom is -0.497 e. The van der Waals surface area contributed by atoms with Crippen molar-refractivity contribution in [2.75, 3.05) is 25.8 Å². The summed E-state index contributed by atoms with van der Waals surface area (Å²) in [5.74, 6) is -2.73. The van der Waals surface area contributed by atoms with Crippen LogP contribution in [0, 0.1) is 17.5 Å². The second-order valence-electron chi connectivity index (χ2n) is 7.67. The zero-order valence-electron chi connectivity index (χ0n) is 18.9. The summed E-state index contributed by atoms with van der Waals surface area (Å²) in [4.78, 5) is 16.9. The summed E-state index contributed by atoms with van der Waals surface area (Å²) < 4.78 is 64.6. The van der Waals surface area contributed by atoms with E-state index in [-0.39, 0.29) is 22.2 Å². The highest BCUT2D eigenvalue weighted by Gasteiger charge is 2.28. The minimum absolute atomic E-state index is 0.0879. The van der Waals surface area contributed by atoms with Gasteiger partial charge in [-0.2, -0.15) is 0 Å². The molecular weight excluding hydrogens is 481 g/mol. The second kappa shape index (κ2) is 9.83. The summed E-state index contributed by atoms with van der Waals surface area (Å²) in [5.41, 5.74) is 0.641. The largest absolute Gasteiger partial charge is 0.497 e. The molecule has 6 nitrogen and oxygen atoms in total. The van der Waals surface area contributed by atoms with E-state index < -0.39 is 40.1 Å². The molecule has 2 N–H and O–H groups in total. The predicted molar refractivity (Wildman–Crippen MR) is 127 cm³/mol. The van der Waals surface area contributed by atoms with Crippen molar-refractivity contribution in [1.82, 2.24) is 4.98 Å². The Hall–Kier alpha value is -3.79. The molecule has 0 radical (unpaired) electrons. The summed E-state index contributed by atoms with van der Waals surface area (Å²) in [7, 11) is 1.45. The van der Waals surface area contributed by atoms with Gasteiger partial charge in [-0.05, 0) is 36.4 Å². The average molecular weight is 503 g/mol. The molecule has 4 rings (SSSR count). The number of halogens is 3. The zero-order valence-corrected chi connectivity index (χ0v) is 19.8. The van der Waals surface area contributed by atoms with Crippen LogP contribution in [0.15, 0.2) is 59.6 Å². The van der Waals surface area contributed by atoms with E-state index in [9.17, 15) is 22.2 Å². The van der Waals surface area contributed by atoms with Crippen LogP contribution >= 0.6 is 0 Å². The van der Waals surface area contributed by atoms with Gasteiger partial charge in [0.15, 0.2) is 17.4 Å². The first-order valence-corrected chi connectivity index (χ1v) is 11.9. The molecule has 1 aromatic heterocycles. The lowest BCUT2D eigenvalue weighted by molar-refractivity contribution is 0.0970. The lowest BCUT2D eigenvalue weighted by Gasteiger charge is -2.22. The van der Waals surface area contributed by atoms with Gasteiger partial charge >= 0.3 is 0 Å². The number of fused-ring (bicyclic) bond motifs is 1. The molecule has 10 heteroatoms. The number of ether oxygens (including phenoxy) is 2. The van der Waals surface area contributed by atoms with Crippen molar-refractivity contribution in [3.05, 3.63) is 83.3 Å². The van der Waals surface area contributed by atoms with Crippen molar-refractivity contribution >= 4 is 33.2 Å². The van der Waals surface area contributed by atoms with Crippen LogP contribution in [0.2, 0.25) is 0 Å². The summed E-state index contributed by atoms with van der Waals surface area (Å²) in [6.07, 6.45) is 2.79. The van der Waals surface area contributed by atoms with Gasteiger partial charge in [-0.15, -0.1) is 0 Å². The molecule has 0 saturated heterocycles. The number of ketones is 1. The molecule has 0 fully saturated rings. The molecule has 0 aliphatic rings. The number of H-pyrrole nitrogens is 1. The highest BCUT2D eigenvalue weighted by atomic mass is 32.2. The van der Waals surface area contributed by atoms with Gasteiger partial charge in [-0.3, -0.25) is 9.00 Å². The van der Waals surface area contributed by atoms with Crippen LogP contribution in [0.1, 0.15) is 22.0 Å². The van der Waals surface area contributed by atoms with E-state index in [1.165, 1.54) is 44.9 Å². The van der Waals surface area contributed by atoms with E-state index in [1.54, 1.807) is 18.2 Å². The van der Waals surface area contributed by atoms with Crippen molar-refractivity contribution in [2.45, 2.75) is 10.9 Å². The molecule has 0 aliphatic heterocycles. The number of carbonyl (C=O) groups excluding carboxylic acids is 1. The number of nitrogens with one attached hydrogen (secondary N) is 2. The Morgan fingerprint density at radius 1 is 1.03 bits per heavy atom. The normalized spacial score (nSPS) is 12.9. The summed E-state index contributed by atoms with van der Waals surface area (Å²) in [5, 5.41) is 3.27. The smallest absolute Gasteiger partial charge is 0.191 e. The third-order valence-corrected chi connectivity index (χ3v) is 6.44. The van der Waals surface area contributed by atoms with Crippen LogP contribution in [0.25, 0.3) is 10.9 Å². The predicted octanol–water partition coefficient (Wildman–Crippen LogP) is 5.38. The first kappa shape index (κ1) is 24.3. The van der Waals surface area contributed by atoms with Gasteiger partial charge in [-0.25, -0.2) is 13.2 Å². The number of hydrogen-bond acceptors (Lipinski definition) is 5. The molecule has 35 heavy (non-hydrogen) atoms. The van der Waals surface area contributed by atoms with E-state index in [0.717, 1.165) is 12.1 Å². The maximum atomic E-state index is 14.3. The Labute approximate surface area is 201 Å². The molecule has 4 aromatic rings. The number of Topliss-reactive ketones (excluding diaryl/α,β-unsaturated/α-hetero) is 1. The van der Waals surface area contributed by atoms with Crippen LogP contribution in [-0.4, -0.2) is 35.5 Å². The van der Waals surface area contributed by atoms with Gasteiger partial charge in [0.25, 0.3) is 0 Å². The lowest BCUT2D eigenvalue weighted by Crippen LogP contribution is -2.22. The molecule has 3 aromatic carbocycles. The van der Waals surface area contributed by atoms with E-state index in [0.29, 0.717) is 21.9 Å². The standard InChI is InChI=1S/C25H21F3N2O4S/c1-33-15-9-14(10-16(11-15)35(3)32)30-24(18-5-4-13(26)8-21(18)34-2)25(31)19-12-29-23-17(19)6-7-20(27)22(23)28/h4-12,24,29-30H,1-3H3. The Morgan fingerprint density at radius 2 is 1.80 bits per heavy atom. The average Bonchev–Trinajstić information content (AvgIpc) is 3.29. The van der Waals surface area contributed by atoms with E-state index in [1.807, 2.05) is 0 Å². The fourth-order valence-electron chi connectivity index (χ4n) is 3.81. The second-order valence-corrected chi connectivity index (χ2v) is 9.05. The quantitative estimate of drug-likeness (QED) is 0.317. The molecule has 0 bridgehead atoms. The number of aromatic amines is 1. The van der Waals surface area contributed by atoms with Gasteiger partial charge in [0.1, 0.15) is 23.4 Å². The number of methoxy groups -OCH3 is 2. The summed E-state index contributed by atoms with van der Waals surface area (Å²) in [6.45, 7) is 0. The van der Waals surface area contributed by atoms with Crippen LogP contribution in [0.3, 0.4) is 0 Å². The molecular formula is C25H21F3N2O4S. The molecule has 0 amide bonds. The first-order valence-electron chi connectivity index (χ1n) is 10.3. The molecule has 1 heterocycles. The monoisotopic (exact) mass is 502 g/mol. The van der Waals surface area contributed by atoms with Gasteiger partial charge in [0, 0.05) is 62.5 Å². The minimum atomic E-state index is -1.34. The Bertz CT molecular complexity index is 1450. The van der Waals surface area contributed by atoms with Crippen molar-refractivity contribution in [1.29, 1.82) is 0 Å². The third kappa shape index (κ3) is 4.74. The summed E-state index contributed by atoms with van der Waals surface area (Å²) in [6, 6.07) is 9.64. The van der Waals surface area contributed by atoms with Crippen LogP contribution in [0.5, 0.6) is 11.5 Å². The zero-order chi connectivity index (χ0) is 25.3. The van der Waals surface area contributed by atoms with Crippen molar-refractivity contribution < 1.29 is 31.6 Å². The van der Waals surface area contributed by atoms with E-state index in [2.05, 4.69) is 10.3 Å². The maximum Gasteiger partial charge on any atom is 0.191 e. The molecule has 2 unspecified atom stereocenters. The SMILES string of the molecule is COc1cc(NC(C(=O)c2c[nH]c3c(F)c(F)ccc23)c2ccc(F)cc2OC)cc(S(C)=O)c1. The van der Waals surface area contributed by atoms with Gasteiger partial charge in [0.05, 0.1) is 19.7 Å². The third-order valence-electron chi connectivity index (χ3n) is 5.54. The van der Waals surface area contributed by atoms with Crippen LogP contribution in [-0.2, 0) is 10.8 Å². The van der Waals surface area contributed by atoms with Crippen LogP contribution in [0.4, 0.5) is 18.9 Å². The fourth-order valence-corrected chi connectivity index (χ4v) is 4.39. The molecule has 182 valence electrons. The fraction of sp³-hybridized carbons (Fsp3) is 0.160. The molecule has 2 atom stereocenters. The van der Waals surface area contributed by atoms with Gasteiger partial charge in [-0.1, -0.05) is 0 Å². The molecule has 0 aliphatic carbocycles. The van der Waals surface area contributed by atoms with Crippen molar-refractivity contribution in [3.63, 3.8) is 0 Å². The number of hydrogen-bond donors (Lipinski definition) is 2. The van der Waals surface area contributed by atoms with E-state index >= 15 is 0 Å². The summed E-state index contributed by atoms with van der Waals surface area (Å²) >= 11 is 0. The number of benzene rings is 3. The topological polar surface area (TPSA) is 80.4 Å². The number of anilines is 1. The first-order chi connectivity index (χ1) is 16.7. The Kier molecular flexibility index (Phi) is 6.83. The van der Waals surface area contributed by atoms with Crippen molar-refractivity contribution in [2.24, 2.45) is 0 Å². The lowest BCUT2D eigenvalue weighted by atomic mass is 9.95. The number of rotatable bonds is 8. The van der Waals surface area contributed by atoms with Gasteiger partial charge in [0.2, 0.25) is 0 Å². The van der Waals surface area contributed by atoms with E-state index in [4.69, 9.17) is 9.47 Å².